The smallest absolute Gasteiger partial charge is 0.295 e. The summed E-state index contributed by atoms with van der Waals surface area (Å²) < 4.78 is 18.5. The molecule has 2 atom stereocenters. The molecule has 33 heavy (non-hydrogen) atoms. The minimum Gasteiger partial charge on any atom is -0.333 e. The zero-order chi connectivity index (χ0) is 23.1. The molecule has 0 fully saturated rings. The number of amides is 1. The number of rotatable bonds is 3. The fourth-order valence-electron chi connectivity index (χ4n) is 4.17. The van der Waals surface area contributed by atoms with Gasteiger partial charge in [0.25, 0.3) is 17.6 Å². The summed E-state index contributed by atoms with van der Waals surface area (Å²) in [5, 5.41) is 5.03. The van der Waals surface area contributed by atoms with Crippen LogP contribution in [-0.2, 0) is 6.54 Å². The SMILES string of the molecule is CC1CC(Cl)=C(C2CN(C(=O)c3noc(-c4ccc(F)cc4)n3)Cc3ccccc32)N=C1Cl. The van der Waals surface area contributed by atoms with Gasteiger partial charge in [-0.05, 0) is 41.8 Å². The Morgan fingerprint density at radius 3 is 2.70 bits per heavy atom. The zero-order valence-corrected chi connectivity index (χ0v) is 19.1. The molecule has 2 aliphatic rings. The lowest BCUT2D eigenvalue weighted by Gasteiger charge is -2.35. The van der Waals surface area contributed by atoms with Crippen LogP contribution < -0.4 is 0 Å². The van der Waals surface area contributed by atoms with E-state index in [1.165, 1.54) is 24.3 Å². The van der Waals surface area contributed by atoms with Gasteiger partial charge in [0.15, 0.2) is 0 Å². The first kappa shape index (κ1) is 21.8. The average Bonchev–Trinajstić information content (AvgIpc) is 3.31. The first-order chi connectivity index (χ1) is 15.9. The Hall–Kier alpha value is -3.03. The second-order valence-corrected chi connectivity index (χ2v) is 9.04. The van der Waals surface area contributed by atoms with Crippen LogP contribution in [0.15, 0.2) is 68.8 Å². The van der Waals surface area contributed by atoms with Crippen LogP contribution in [0.25, 0.3) is 11.5 Å². The molecule has 3 aromatic rings. The molecule has 0 radical (unpaired) electrons. The molecule has 9 heteroatoms. The van der Waals surface area contributed by atoms with Crippen LogP contribution in [0.5, 0.6) is 0 Å². The van der Waals surface area contributed by atoms with Gasteiger partial charge in [0.05, 0.1) is 5.70 Å². The van der Waals surface area contributed by atoms with Crippen molar-refractivity contribution in [3.8, 4) is 11.5 Å². The number of hydrogen-bond acceptors (Lipinski definition) is 5. The molecule has 2 unspecified atom stereocenters. The molecule has 1 aromatic heterocycles. The molecule has 168 valence electrons. The molecule has 0 saturated carbocycles. The zero-order valence-electron chi connectivity index (χ0n) is 17.6. The number of carbonyl (C=O) groups is 1. The second-order valence-electron chi connectivity index (χ2n) is 8.20. The third kappa shape index (κ3) is 4.18. The Balaban J connectivity index is 1.46. The standard InChI is InChI=1S/C24H19Cl2FN4O2/c1-13-10-19(25)20(28-21(13)26)18-12-31(11-15-4-2-3-5-17(15)18)24(32)22-29-23(33-30-22)14-6-8-16(27)9-7-14/h2-9,13,18H,10-12H2,1H3. The largest absolute Gasteiger partial charge is 0.333 e. The fourth-order valence-corrected chi connectivity index (χ4v) is 4.74. The number of aliphatic imine (C=N–C) groups is 1. The van der Waals surface area contributed by atoms with Crippen molar-refractivity contribution in [3.63, 3.8) is 0 Å². The van der Waals surface area contributed by atoms with Gasteiger partial charge in [0, 0.05) is 35.5 Å². The molecule has 2 aromatic carbocycles. The molecule has 0 N–H and O–H groups in total. The normalized spacial score (nSPS) is 20.5. The molecule has 0 saturated heterocycles. The van der Waals surface area contributed by atoms with Crippen molar-refractivity contribution < 1.29 is 13.7 Å². The van der Waals surface area contributed by atoms with E-state index >= 15 is 0 Å². The van der Waals surface area contributed by atoms with E-state index in [4.69, 9.17) is 27.7 Å². The highest BCUT2D eigenvalue weighted by Crippen LogP contribution is 2.40. The summed E-state index contributed by atoms with van der Waals surface area (Å²) in [6.45, 7) is 2.72. The molecule has 3 heterocycles. The van der Waals surface area contributed by atoms with E-state index in [1.54, 1.807) is 4.90 Å². The Labute approximate surface area is 199 Å². The molecule has 0 spiro atoms. The highest BCUT2D eigenvalue weighted by molar-refractivity contribution is 6.66. The van der Waals surface area contributed by atoms with Crippen LogP contribution in [-0.4, -0.2) is 32.7 Å². The minimum absolute atomic E-state index is 0.0590. The minimum atomic E-state index is -0.375. The topological polar surface area (TPSA) is 71.6 Å². The van der Waals surface area contributed by atoms with E-state index in [-0.39, 0.29) is 35.3 Å². The van der Waals surface area contributed by atoms with Gasteiger partial charge in [-0.1, -0.05) is 59.5 Å². The van der Waals surface area contributed by atoms with E-state index in [0.717, 1.165) is 11.1 Å². The van der Waals surface area contributed by atoms with E-state index in [2.05, 4.69) is 15.1 Å². The van der Waals surface area contributed by atoms with E-state index < -0.39 is 0 Å². The van der Waals surface area contributed by atoms with Gasteiger partial charge < -0.3 is 9.42 Å². The molecule has 0 aliphatic carbocycles. The molecular formula is C24H19Cl2FN4O2. The lowest BCUT2D eigenvalue weighted by Crippen LogP contribution is -2.39. The molecule has 5 rings (SSSR count). The van der Waals surface area contributed by atoms with Crippen LogP contribution in [0, 0.1) is 11.7 Å². The van der Waals surface area contributed by atoms with Crippen LogP contribution in [0.2, 0.25) is 0 Å². The summed E-state index contributed by atoms with van der Waals surface area (Å²) in [5.41, 5.74) is 3.27. The quantitative estimate of drug-likeness (QED) is 0.474. The predicted molar refractivity (Wildman–Crippen MR) is 124 cm³/mol. The summed E-state index contributed by atoms with van der Waals surface area (Å²) in [4.78, 5) is 23.8. The summed E-state index contributed by atoms with van der Waals surface area (Å²) in [6, 6.07) is 13.5. The predicted octanol–water partition coefficient (Wildman–Crippen LogP) is 5.74. The van der Waals surface area contributed by atoms with Gasteiger partial charge in [-0.3, -0.25) is 4.79 Å². The van der Waals surface area contributed by atoms with Gasteiger partial charge in [-0.15, -0.1) is 0 Å². The van der Waals surface area contributed by atoms with Crippen molar-refractivity contribution in [2.24, 2.45) is 10.9 Å². The molecule has 0 bridgehead atoms. The first-order valence-electron chi connectivity index (χ1n) is 10.5. The molecule has 6 nitrogen and oxygen atoms in total. The van der Waals surface area contributed by atoms with Crippen molar-refractivity contribution in [2.45, 2.75) is 25.8 Å². The van der Waals surface area contributed by atoms with Gasteiger partial charge in [-0.2, -0.15) is 4.98 Å². The number of fused-ring (bicyclic) bond motifs is 1. The lowest BCUT2D eigenvalue weighted by molar-refractivity contribution is 0.0708. The van der Waals surface area contributed by atoms with Crippen molar-refractivity contribution in [3.05, 3.63) is 82.0 Å². The Morgan fingerprint density at radius 2 is 1.91 bits per heavy atom. The molecule has 1 amide bonds. The Morgan fingerprint density at radius 1 is 1.15 bits per heavy atom. The number of halogens is 3. The van der Waals surface area contributed by atoms with Gasteiger partial charge in [-0.25, -0.2) is 9.38 Å². The number of benzene rings is 2. The second kappa shape index (κ2) is 8.72. The highest BCUT2D eigenvalue weighted by atomic mass is 35.5. The van der Waals surface area contributed by atoms with Crippen molar-refractivity contribution in [1.29, 1.82) is 0 Å². The fraction of sp³-hybridized carbons (Fsp3) is 0.250. The molecular weight excluding hydrogens is 466 g/mol. The van der Waals surface area contributed by atoms with Gasteiger partial charge in [0.2, 0.25) is 0 Å². The van der Waals surface area contributed by atoms with Crippen LogP contribution in [0.3, 0.4) is 0 Å². The average molecular weight is 485 g/mol. The lowest BCUT2D eigenvalue weighted by atomic mass is 9.85. The monoisotopic (exact) mass is 484 g/mol. The first-order valence-corrected chi connectivity index (χ1v) is 11.3. The van der Waals surface area contributed by atoms with Gasteiger partial charge >= 0.3 is 0 Å². The van der Waals surface area contributed by atoms with Crippen LogP contribution in [0.1, 0.15) is 41.0 Å². The van der Waals surface area contributed by atoms with Crippen molar-refractivity contribution in [2.75, 3.05) is 6.54 Å². The van der Waals surface area contributed by atoms with Crippen molar-refractivity contribution >= 4 is 34.3 Å². The summed E-state index contributed by atoms with van der Waals surface area (Å²) >= 11 is 13.0. The number of hydrogen-bond donors (Lipinski definition) is 0. The number of carbonyl (C=O) groups excluding carboxylic acids is 1. The van der Waals surface area contributed by atoms with E-state index in [1.807, 2.05) is 31.2 Å². The maximum absolute atomic E-state index is 13.3. The maximum atomic E-state index is 13.3. The highest BCUT2D eigenvalue weighted by Gasteiger charge is 2.35. The number of aromatic nitrogens is 2. The van der Waals surface area contributed by atoms with Crippen LogP contribution >= 0.6 is 23.2 Å². The summed E-state index contributed by atoms with van der Waals surface area (Å²) in [6.07, 6.45) is 0.609. The number of allylic oxidation sites excluding steroid dienone is 1. The van der Waals surface area contributed by atoms with E-state index in [9.17, 15) is 9.18 Å². The van der Waals surface area contributed by atoms with Gasteiger partial charge in [0.1, 0.15) is 11.0 Å². The van der Waals surface area contributed by atoms with E-state index in [0.29, 0.717) is 41.0 Å². The van der Waals surface area contributed by atoms with Crippen molar-refractivity contribution in [1.82, 2.24) is 15.0 Å². The molecule has 2 aliphatic heterocycles. The third-order valence-corrected chi connectivity index (χ3v) is 6.72. The Kier molecular flexibility index (Phi) is 5.76. The maximum Gasteiger partial charge on any atom is 0.295 e. The van der Waals surface area contributed by atoms with Crippen LogP contribution in [0.4, 0.5) is 4.39 Å². The summed E-state index contributed by atoms with van der Waals surface area (Å²) in [5.74, 6) is -0.829. The third-order valence-electron chi connectivity index (χ3n) is 5.92. The number of nitrogens with zero attached hydrogens (tertiary/aromatic N) is 4. The Bertz CT molecular complexity index is 1290. The summed E-state index contributed by atoms with van der Waals surface area (Å²) in [7, 11) is 0.